The zero-order valence-corrected chi connectivity index (χ0v) is 13.3. The van der Waals surface area contributed by atoms with Crippen LogP contribution in [0, 0.1) is 11.8 Å². The number of ether oxygens (including phenoxy) is 1. The smallest absolute Gasteiger partial charge is 0.0595 e. The second-order valence-corrected chi connectivity index (χ2v) is 6.64. The van der Waals surface area contributed by atoms with Crippen LogP contribution in [-0.4, -0.2) is 26.3 Å². The lowest BCUT2D eigenvalue weighted by Gasteiger charge is -2.19. The van der Waals surface area contributed by atoms with Gasteiger partial charge in [-0.25, -0.2) is 0 Å². The van der Waals surface area contributed by atoms with Crippen LogP contribution in [0.4, 0.5) is 0 Å². The van der Waals surface area contributed by atoms with Gasteiger partial charge in [-0.3, -0.25) is 0 Å². The summed E-state index contributed by atoms with van der Waals surface area (Å²) in [6, 6.07) is 6.14. The lowest BCUT2D eigenvalue weighted by atomic mass is 9.88. The van der Waals surface area contributed by atoms with Gasteiger partial charge in [-0.15, -0.1) is 0 Å². The minimum absolute atomic E-state index is 0.243. The molecule has 20 heavy (non-hydrogen) atoms. The fourth-order valence-electron chi connectivity index (χ4n) is 4.02. The van der Waals surface area contributed by atoms with E-state index in [1.165, 1.54) is 12.0 Å². The molecule has 1 aliphatic carbocycles. The molecule has 0 spiro atoms. The minimum atomic E-state index is 0.243. The first-order valence-corrected chi connectivity index (χ1v) is 8.19. The Bertz CT molecular complexity index is 479. The van der Waals surface area contributed by atoms with E-state index < -0.39 is 0 Å². The van der Waals surface area contributed by atoms with E-state index in [2.05, 4.69) is 17.4 Å². The average Bonchev–Trinajstić information content (AvgIpc) is 3.12. The van der Waals surface area contributed by atoms with Gasteiger partial charge in [0, 0.05) is 18.6 Å². The van der Waals surface area contributed by atoms with Crippen molar-refractivity contribution < 1.29 is 4.74 Å². The van der Waals surface area contributed by atoms with Gasteiger partial charge in [-0.05, 0) is 62.4 Å². The van der Waals surface area contributed by atoms with Gasteiger partial charge in [0.05, 0.1) is 10.0 Å². The molecule has 2 nitrogen and oxygen atoms in total. The molecule has 0 unspecified atom stereocenters. The molecule has 0 radical (unpaired) electrons. The molecular weight excluding hydrogens is 293 g/mol. The second kappa shape index (κ2) is 5.84. The van der Waals surface area contributed by atoms with Crippen LogP contribution in [0.15, 0.2) is 18.2 Å². The summed E-state index contributed by atoms with van der Waals surface area (Å²) in [5.74, 6) is 1.48. The highest BCUT2D eigenvalue weighted by Gasteiger charge is 2.64. The monoisotopic (exact) mass is 313 g/mol. The van der Waals surface area contributed by atoms with Gasteiger partial charge in [-0.2, -0.15) is 0 Å². The highest BCUT2D eigenvalue weighted by atomic mass is 35.5. The number of hydrogen-bond donors (Lipinski definition) is 1. The van der Waals surface area contributed by atoms with E-state index in [0.29, 0.717) is 16.0 Å². The fraction of sp³-hybridized carbons (Fsp3) is 0.625. The predicted molar refractivity (Wildman–Crippen MR) is 83.7 cm³/mol. The van der Waals surface area contributed by atoms with Gasteiger partial charge in [0.15, 0.2) is 0 Å². The van der Waals surface area contributed by atoms with Crippen molar-refractivity contribution in [2.75, 3.05) is 26.3 Å². The number of piperidine rings is 1. The summed E-state index contributed by atoms with van der Waals surface area (Å²) in [5.41, 5.74) is 1.58. The maximum absolute atomic E-state index is 6.23. The molecule has 1 N–H and O–H groups in total. The van der Waals surface area contributed by atoms with Crippen molar-refractivity contribution in [1.82, 2.24) is 5.32 Å². The lowest BCUT2D eigenvalue weighted by Crippen LogP contribution is -2.24. The predicted octanol–water partition coefficient (Wildman–Crippen LogP) is 3.90. The Balaban J connectivity index is 1.87. The first-order valence-electron chi connectivity index (χ1n) is 7.44. The van der Waals surface area contributed by atoms with Crippen LogP contribution in [0.1, 0.15) is 25.3 Å². The highest BCUT2D eigenvalue weighted by molar-refractivity contribution is 6.42. The van der Waals surface area contributed by atoms with Gasteiger partial charge >= 0.3 is 0 Å². The van der Waals surface area contributed by atoms with E-state index in [9.17, 15) is 0 Å². The molecule has 1 aromatic rings. The molecule has 1 saturated heterocycles. The van der Waals surface area contributed by atoms with Crippen molar-refractivity contribution in [3.05, 3.63) is 33.8 Å². The van der Waals surface area contributed by atoms with Crippen molar-refractivity contribution in [2.45, 2.75) is 25.2 Å². The Kier molecular flexibility index (Phi) is 4.28. The molecular formula is C16H21Cl2NO. The van der Waals surface area contributed by atoms with Crippen LogP contribution in [0.5, 0.6) is 0 Å². The summed E-state index contributed by atoms with van der Waals surface area (Å²) < 4.78 is 5.61. The summed E-state index contributed by atoms with van der Waals surface area (Å²) in [6.45, 7) is 5.89. The van der Waals surface area contributed by atoms with Gasteiger partial charge in [0.25, 0.3) is 0 Å². The maximum atomic E-state index is 6.23. The number of halogens is 2. The Morgan fingerprint density at radius 2 is 2.15 bits per heavy atom. The van der Waals surface area contributed by atoms with Crippen molar-refractivity contribution >= 4 is 23.2 Å². The number of hydrogen-bond acceptors (Lipinski definition) is 2. The van der Waals surface area contributed by atoms with Crippen molar-refractivity contribution in [3.63, 3.8) is 0 Å². The summed E-state index contributed by atoms with van der Waals surface area (Å²) in [4.78, 5) is 0. The molecule has 2 fully saturated rings. The van der Waals surface area contributed by atoms with E-state index in [-0.39, 0.29) is 5.41 Å². The molecule has 1 saturated carbocycles. The van der Waals surface area contributed by atoms with Gasteiger partial charge in [0.1, 0.15) is 0 Å². The Hall–Kier alpha value is -0.280. The van der Waals surface area contributed by atoms with Crippen molar-refractivity contribution in [3.8, 4) is 0 Å². The van der Waals surface area contributed by atoms with E-state index in [0.717, 1.165) is 38.6 Å². The Morgan fingerprint density at radius 3 is 2.80 bits per heavy atom. The largest absolute Gasteiger partial charge is 0.382 e. The molecule has 1 heterocycles. The third kappa shape index (κ3) is 2.37. The Labute approximate surface area is 130 Å². The van der Waals surface area contributed by atoms with E-state index >= 15 is 0 Å². The second-order valence-electron chi connectivity index (χ2n) is 5.82. The van der Waals surface area contributed by atoms with Gasteiger partial charge in [-0.1, -0.05) is 29.3 Å². The first kappa shape index (κ1) is 14.6. The van der Waals surface area contributed by atoms with E-state index in [1.807, 2.05) is 13.0 Å². The van der Waals surface area contributed by atoms with Crippen LogP contribution in [-0.2, 0) is 10.2 Å². The van der Waals surface area contributed by atoms with Crippen LogP contribution < -0.4 is 5.32 Å². The molecule has 3 rings (SSSR count). The quantitative estimate of drug-likeness (QED) is 0.832. The number of nitrogens with one attached hydrogen (secondary N) is 1. The third-order valence-corrected chi connectivity index (χ3v) is 5.76. The van der Waals surface area contributed by atoms with Gasteiger partial charge in [0.2, 0.25) is 0 Å². The first-order chi connectivity index (χ1) is 9.70. The van der Waals surface area contributed by atoms with Gasteiger partial charge < -0.3 is 10.1 Å². The highest BCUT2D eigenvalue weighted by Crippen LogP contribution is 2.64. The summed E-state index contributed by atoms with van der Waals surface area (Å²) in [5, 5.41) is 4.82. The maximum Gasteiger partial charge on any atom is 0.0595 e. The van der Waals surface area contributed by atoms with Crippen LogP contribution >= 0.6 is 23.2 Å². The standard InChI is InChI=1S/C16H21Cl2NO/c1-2-20-8-6-16(12-5-7-19-10-13(12)16)11-3-4-14(17)15(18)9-11/h3-4,9,12-13,19H,2,5-8,10H2,1H3/t12-,13+,16-/m0/s1. The number of benzene rings is 1. The topological polar surface area (TPSA) is 21.3 Å². The zero-order chi connectivity index (χ0) is 14.2. The van der Waals surface area contributed by atoms with Crippen LogP contribution in [0.2, 0.25) is 10.0 Å². The van der Waals surface area contributed by atoms with Crippen molar-refractivity contribution in [2.24, 2.45) is 11.8 Å². The summed E-state index contributed by atoms with van der Waals surface area (Å²) >= 11 is 12.3. The SMILES string of the molecule is CCOCC[C@@]1(c2ccc(Cl)c(Cl)c2)[C@@H]2CNCC[C@@H]21. The number of rotatable bonds is 5. The molecule has 110 valence electrons. The zero-order valence-electron chi connectivity index (χ0n) is 11.8. The number of fused-ring (bicyclic) bond motifs is 1. The Morgan fingerprint density at radius 1 is 1.30 bits per heavy atom. The minimum Gasteiger partial charge on any atom is -0.382 e. The molecule has 3 atom stereocenters. The molecule has 0 amide bonds. The third-order valence-electron chi connectivity index (χ3n) is 5.02. The lowest BCUT2D eigenvalue weighted by molar-refractivity contribution is 0.134. The molecule has 4 heteroatoms. The van der Waals surface area contributed by atoms with E-state index in [4.69, 9.17) is 27.9 Å². The van der Waals surface area contributed by atoms with Crippen molar-refractivity contribution in [1.29, 1.82) is 0 Å². The summed E-state index contributed by atoms with van der Waals surface area (Å²) in [6.07, 6.45) is 2.33. The molecule has 1 aromatic carbocycles. The molecule has 2 aliphatic rings. The normalized spacial score (nSPS) is 31.9. The van der Waals surface area contributed by atoms with E-state index in [1.54, 1.807) is 0 Å². The molecule has 1 aliphatic heterocycles. The van der Waals surface area contributed by atoms with Crippen LogP contribution in [0.25, 0.3) is 0 Å². The summed E-state index contributed by atoms with van der Waals surface area (Å²) in [7, 11) is 0. The molecule has 0 bridgehead atoms. The average molecular weight is 314 g/mol. The fourth-order valence-corrected chi connectivity index (χ4v) is 4.32. The molecule has 0 aromatic heterocycles. The van der Waals surface area contributed by atoms with Crippen LogP contribution in [0.3, 0.4) is 0 Å².